The number of nitrogens with one attached hydrogen (secondary N) is 2. The van der Waals surface area contributed by atoms with Crippen LogP contribution in [0.2, 0.25) is 0 Å². The van der Waals surface area contributed by atoms with Crippen molar-refractivity contribution in [2.45, 2.75) is 38.1 Å². The Hall–Kier alpha value is -3.45. The van der Waals surface area contributed by atoms with Gasteiger partial charge in [0, 0.05) is 35.8 Å². The summed E-state index contributed by atoms with van der Waals surface area (Å²) in [4.78, 5) is 38.0. The van der Waals surface area contributed by atoms with E-state index in [1.54, 1.807) is 18.2 Å². The lowest BCUT2D eigenvalue weighted by Gasteiger charge is -2.30. The van der Waals surface area contributed by atoms with Gasteiger partial charge < -0.3 is 21.3 Å². The van der Waals surface area contributed by atoms with E-state index >= 15 is 0 Å². The molecule has 7 heteroatoms. The molecule has 1 saturated heterocycles. The second-order valence-corrected chi connectivity index (χ2v) is 9.16. The fourth-order valence-corrected chi connectivity index (χ4v) is 4.08. The van der Waals surface area contributed by atoms with Gasteiger partial charge in [0.15, 0.2) is 0 Å². The Morgan fingerprint density at radius 3 is 2.24 bits per heavy atom. The van der Waals surface area contributed by atoms with Crippen molar-refractivity contribution in [1.82, 2.24) is 10.2 Å². The summed E-state index contributed by atoms with van der Waals surface area (Å²) in [5.74, 6) is -0.420. The van der Waals surface area contributed by atoms with Crippen molar-refractivity contribution in [1.29, 1.82) is 0 Å². The van der Waals surface area contributed by atoms with Crippen LogP contribution in [-0.4, -0.2) is 48.3 Å². The smallest absolute Gasteiger partial charge is 0.251 e. The maximum Gasteiger partial charge on any atom is 0.251 e. The standard InChI is InChI=1S/C27H32N4O3/c28-26(33)21-14-17-31(18-15-21)16-13-20-3-8-23(9-4-20)29-25(32)12-5-19-1-6-22(7-2-19)27(34)30-24-10-11-24/h1-9,12,21,24H,10-11,13-18H2,(H2,28,33)(H,29,32)(H,30,34)/b12-5+. The topological polar surface area (TPSA) is 105 Å². The molecule has 0 unspecified atom stereocenters. The summed E-state index contributed by atoms with van der Waals surface area (Å²) in [5.41, 5.74) is 8.83. The van der Waals surface area contributed by atoms with E-state index in [1.807, 2.05) is 36.4 Å². The first-order chi connectivity index (χ1) is 16.5. The Labute approximate surface area is 200 Å². The quantitative estimate of drug-likeness (QED) is 0.501. The van der Waals surface area contributed by atoms with Crippen LogP contribution in [0.4, 0.5) is 5.69 Å². The zero-order valence-electron chi connectivity index (χ0n) is 19.3. The third kappa shape index (κ3) is 7.02. The summed E-state index contributed by atoms with van der Waals surface area (Å²) in [6.07, 6.45) is 7.94. The number of amides is 3. The van der Waals surface area contributed by atoms with E-state index < -0.39 is 0 Å². The third-order valence-electron chi connectivity index (χ3n) is 6.44. The molecule has 0 spiro atoms. The van der Waals surface area contributed by atoms with Gasteiger partial charge in [-0.15, -0.1) is 0 Å². The van der Waals surface area contributed by atoms with Gasteiger partial charge in [-0.05, 0) is 86.7 Å². The van der Waals surface area contributed by atoms with E-state index in [9.17, 15) is 14.4 Å². The fraction of sp³-hybridized carbons (Fsp3) is 0.370. The molecule has 0 atom stereocenters. The third-order valence-corrected chi connectivity index (χ3v) is 6.44. The van der Waals surface area contributed by atoms with Crippen molar-refractivity contribution in [3.05, 3.63) is 71.3 Å². The fourth-order valence-electron chi connectivity index (χ4n) is 4.08. The molecule has 0 bridgehead atoms. The molecule has 7 nitrogen and oxygen atoms in total. The van der Waals surface area contributed by atoms with Crippen LogP contribution >= 0.6 is 0 Å². The van der Waals surface area contributed by atoms with Crippen molar-refractivity contribution in [2.75, 3.05) is 25.0 Å². The molecule has 2 aliphatic rings. The van der Waals surface area contributed by atoms with Crippen LogP contribution < -0.4 is 16.4 Å². The maximum absolute atomic E-state index is 12.3. The lowest BCUT2D eigenvalue weighted by Crippen LogP contribution is -2.39. The molecule has 1 heterocycles. The van der Waals surface area contributed by atoms with Crippen LogP contribution in [0.1, 0.15) is 47.2 Å². The van der Waals surface area contributed by atoms with Gasteiger partial charge in [0.2, 0.25) is 11.8 Å². The number of nitrogens with two attached hydrogens (primary N) is 1. The summed E-state index contributed by atoms with van der Waals surface area (Å²) in [6, 6.07) is 15.4. The largest absolute Gasteiger partial charge is 0.369 e. The Bertz CT molecular complexity index is 1030. The molecule has 178 valence electrons. The minimum atomic E-state index is -0.208. The van der Waals surface area contributed by atoms with Crippen LogP contribution in [0, 0.1) is 5.92 Å². The summed E-state index contributed by atoms with van der Waals surface area (Å²) in [6.45, 7) is 2.76. The molecular formula is C27H32N4O3. The summed E-state index contributed by atoms with van der Waals surface area (Å²) >= 11 is 0. The molecule has 3 amide bonds. The van der Waals surface area contributed by atoms with Crippen LogP contribution in [0.3, 0.4) is 0 Å². The van der Waals surface area contributed by atoms with E-state index in [4.69, 9.17) is 5.73 Å². The van der Waals surface area contributed by atoms with E-state index in [0.717, 1.165) is 63.0 Å². The normalized spacial score (nSPS) is 16.9. The van der Waals surface area contributed by atoms with Crippen LogP contribution in [0.25, 0.3) is 6.08 Å². The van der Waals surface area contributed by atoms with Crippen molar-refractivity contribution < 1.29 is 14.4 Å². The van der Waals surface area contributed by atoms with Crippen molar-refractivity contribution >= 4 is 29.5 Å². The number of piperidine rings is 1. The van der Waals surface area contributed by atoms with Gasteiger partial charge >= 0.3 is 0 Å². The first-order valence-electron chi connectivity index (χ1n) is 12.0. The van der Waals surface area contributed by atoms with E-state index in [2.05, 4.69) is 15.5 Å². The Morgan fingerprint density at radius 1 is 0.941 bits per heavy atom. The lowest BCUT2D eigenvalue weighted by molar-refractivity contribution is -0.123. The maximum atomic E-state index is 12.3. The second kappa shape index (κ2) is 11.1. The summed E-state index contributed by atoms with van der Waals surface area (Å²) in [5, 5.41) is 5.84. The molecular weight excluding hydrogens is 428 g/mol. The molecule has 0 aromatic heterocycles. The first kappa shape index (κ1) is 23.7. The Kier molecular flexibility index (Phi) is 7.75. The van der Waals surface area contributed by atoms with Gasteiger partial charge in [0.1, 0.15) is 0 Å². The molecule has 1 saturated carbocycles. The second-order valence-electron chi connectivity index (χ2n) is 9.16. The lowest BCUT2D eigenvalue weighted by atomic mass is 9.96. The number of hydrogen-bond donors (Lipinski definition) is 3. The molecule has 2 aromatic carbocycles. The van der Waals surface area contributed by atoms with Crippen molar-refractivity contribution in [3.8, 4) is 0 Å². The highest BCUT2D eigenvalue weighted by Gasteiger charge is 2.24. The van der Waals surface area contributed by atoms with Gasteiger partial charge in [-0.1, -0.05) is 24.3 Å². The molecule has 1 aliphatic carbocycles. The predicted molar refractivity (Wildman–Crippen MR) is 133 cm³/mol. The molecule has 1 aliphatic heterocycles. The number of carbonyl (C=O) groups excluding carboxylic acids is 3. The van der Waals surface area contributed by atoms with Gasteiger partial charge in [-0.3, -0.25) is 14.4 Å². The Morgan fingerprint density at radius 2 is 1.62 bits per heavy atom. The summed E-state index contributed by atoms with van der Waals surface area (Å²) < 4.78 is 0. The number of anilines is 1. The zero-order chi connectivity index (χ0) is 23.9. The first-order valence-corrected chi connectivity index (χ1v) is 12.0. The van der Waals surface area contributed by atoms with Gasteiger partial charge in [-0.2, -0.15) is 0 Å². The Balaban J connectivity index is 1.20. The van der Waals surface area contributed by atoms with Crippen LogP contribution in [0.15, 0.2) is 54.6 Å². The number of likely N-dealkylation sites (tertiary alicyclic amines) is 1. The molecule has 4 rings (SSSR count). The predicted octanol–water partition coefficient (Wildman–Crippen LogP) is 2.97. The van der Waals surface area contributed by atoms with Crippen LogP contribution in [-0.2, 0) is 16.0 Å². The molecule has 4 N–H and O–H groups in total. The molecule has 0 radical (unpaired) electrons. The number of rotatable bonds is 9. The number of primary amides is 1. The van der Waals surface area contributed by atoms with Crippen molar-refractivity contribution in [3.63, 3.8) is 0 Å². The molecule has 2 fully saturated rings. The van der Waals surface area contributed by atoms with Crippen LogP contribution in [0.5, 0.6) is 0 Å². The summed E-state index contributed by atoms with van der Waals surface area (Å²) in [7, 11) is 0. The monoisotopic (exact) mass is 460 g/mol. The van der Waals surface area contributed by atoms with Gasteiger partial charge in [-0.25, -0.2) is 0 Å². The number of benzene rings is 2. The highest BCUT2D eigenvalue weighted by atomic mass is 16.2. The number of carbonyl (C=O) groups is 3. The zero-order valence-corrected chi connectivity index (χ0v) is 19.3. The SMILES string of the molecule is NC(=O)C1CCN(CCc2ccc(NC(=O)/C=C/c3ccc(C(=O)NC4CC4)cc3)cc2)CC1. The minimum Gasteiger partial charge on any atom is -0.369 e. The average molecular weight is 461 g/mol. The average Bonchev–Trinajstić information content (AvgIpc) is 3.67. The number of nitrogens with zero attached hydrogens (tertiary/aromatic N) is 1. The van der Waals surface area contributed by atoms with Gasteiger partial charge in [0.05, 0.1) is 0 Å². The highest BCUT2D eigenvalue weighted by Crippen LogP contribution is 2.20. The van der Waals surface area contributed by atoms with E-state index in [0.29, 0.717) is 11.6 Å². The minimum absolute atomic E-state index is 0.0194. The van der Waals surface area contributed by atoms with E-state index in [-0.39, 0.29) is 23.6 Å². The van der Waals surface area contributed by atoms with Crippen molar-refractivity contribution in [2.24, 2.45) is 11.7 Å². The highest BCUT2D eigenvalue weighted by molar-refractivity contribution is 6.02. The van der Waals surface area contributed by atoms with E-state index in [1.165, 1.54) is 11.6 Å². The molecule has 2 aromatic rings. The van der Waals surface area contributed by atoms with Gasteiger partial charge in [0.25, 0.3) is 5.91 Å². The molecule has 34 heavy (non-hydrogen) atoms. The number of hydrogen-bond acceptors (Lipinski definition) is 4.